The summed E-state index contributed by atoms with van der Waals surface area (Å²) in [6.07, 6.45) is 6.73. The molecule has 0 aromatic rings. The first-order valence-electron chi connectivity index (χ1n) is 5.97. The van der Waals surface area contributed by atoms with Crippen molar-refractivity contribution in [1.82, 2.24) is 20.9 Å². The third-order valence-electron chi connectivity index (χ3n) is 3.42. The van der Waals surface area contributed by atoms with Crippen LogP contribution in [0.5, 0.6) is 0 Å². The highest BCUT2D eigenvalue weighted by Gasteiger charge is 2.31. The van der Waals surface area contributed by atoms with E-state index in [0.29, 0.717) is 6.04 Å². The Labute approximate surface area is 96.1 Å². The molecule has 3 aliphatic heterocycles. The molecule has 0 saturated carbocycles. The molecule has 1 saturated heterocycles. The topological polar surface area (TPSA) is 39.3 Å². The summed E-state index contributed by atoms with van der Waals surface area (Å²) in [6.45, 7) is 7.23. The lowest BCUT2D eigenvalue weighted by atomic mass is 10.0. The third-order valence-corrected chi connectivity index (χ3v) is 3.42. The van der Waals surface area contributed by atoms with E-state index in [2.05, 4.69) is 39.6 Å². The van der Waals surface area contributed by atoms with E-state index >= 15 is 0 Å². The van der Waals surface area contributed by atoms with Crippen molar-refractivity contribution >= 4 is 0 Å². The van der Waals surface area contributed by atoms with Gasteiger partial charge >= 0.3 is 0 Å². The number of piperidine rings is 1. The van der Waals surface area contributed by atoms with Gasteiger partial charge in [0.05, 0.1) is 5.70 Å². The summed E-state index contributed by atoms with van der Waals surface area (Å²) >= 11 is 0. The first-order valence-corrected chi connectivity index (χ1v) is 5.97. The van der Waals surface area contributed by atoms with Gasteiger partial charge in [-0.1, -0.05) is 12.7 Å². The smallest absolute Gasteiger partial charge is 0.129 e. The van der Waals surface area contributed by atoms with Gasteiger partial charge in [-0.05, 0) is 32.0 Å². The fraction of sp³-hybridized carbons (Fsp3) is 0.500. The Kier molecular flexibility index (Phi) is 2.36. The van der Waals surface area contributed by atoms with Crippen LogP contribution in [0.4, 0.5) is 0 Å². The van der Waals surface area contributed by atoms with Crippen molar-refractivity contribution in [1.29, 1.82) is 0 Å². The van der Waals surface area contributed by atoms with E-state index in [1.165, 1.54) is 18.5 Å². The molecule has 3 rings (SSSR count). The van der Waals surface area contributed by atoms with Crippen molar-refractivity contribution in [2.24, 2.45) is 0 Å². The van der Waals surface area contributed by atoms with Crippen LogP contribution in [0.2, 0.25) is 0 Å². The van der Waals surface area contributed by atoms with Crippen LogP contribution in [0.1, 0.15) is 12.8 Å². The number of allylic oxidation sites excluding steroid dienone is 1. The maximum absolute atomic E-state index is 4.11. The van der Waals surface area contributed by atoms with Crippen LogP contribution in [0.25, 0.3) is 0 Å². The van der Waals surface area contributed by atoms with E-state index in [-0.39, 0.29) is 0 Å². The van der Waals surface area contributed by atoms with Crippen LogP contribution in [0.3, 0.4) is 0 Å². The molecular formula is C12H18N4. The molecule has 16 heavy (non-hydrogen) atoms. The normalized spacial score (nSPS) is 25.5. The summed E-state index contributed by atoms with van der Waals surface area (Å²) in [4.78, 5) is 2.35. The molecule has 3 N–H and O–H groups in total. The van der Waals surface area contributed by atoms with Gasteiger partial charge in [0.25, 0.3) is 0 Å². The first-order chi connectivity index (χ1) is 7.86. The minimum Gasteiger partial charge on any atom is -0.366 e. The second-order valence-electron chi connectivity index (χ2n) is 4.47. The maximum atomic E-state index is 4.11. The number of hydrogen-bond donors (Lipinski definition) is 3. The number of hydrogen-bond acceptors (Lipinski definition) is 4. The van der Waals surface area contributed by atoms with Gasteiger partial charge in [-0.15, -0.1) is 0 Å². The molecule has 0 spiro atoms. The monoisotopic (exact) mass is 218 g/mol. The zero-order valence-corrected chi connectivity index (χ0v) is 9.42. The number of rotatable bonds is 1. The van der Waals surface area contributed by atoms with Gasteiger partial charge in [0.2, 0.25) is 0 Å². The average molecular weight is 218 g/mol. The molecule has 0 aromatic carbocycles. The second kappa shape index (κ2) is 3.87. The van der Waals surface area contributed by atoms with Crippen molar-refractivity contribution in [2.45, 2.75) is 18.9 Å². The summed E-state index contributed by atoms with van der Waals surface area (Å²) < 4.78 is 0. The predicted molar refractivity (Wildman–Crippen MR) is 64.2 cm³/mol. The number of dihydropyridines is 1. The largest absolute Gasteiger partial charge is 0.366 e. The summed E-state index contributed by atoms with van der Waals surface area (Å²) in [5.74, 6) is 2.13. The van der Waals surface area contributed by atoms with Crippen molar-refractivity contribution in [2.75, 3.05) is 19.6 Å². The van der Waals surface area contributed by atoms with Gasteiger partial charge in [0.15, 0.2) is 0 Å². The predicted octanol–water partition coefficient (Wildman–Crippen LogP) is 0.443. The van der Waals surface area contributed by atoms with Crippen molar-refractivity contribution in [3.05, 3.63) is 36.1 Å². The Morgan fingerprint density at radius 1 is 1.31 bits per heavy atom. The fourth-order valence-electron chi connectivity index (χ4n) is 2.65. The van der Waals surface area contributed by atoms with Crippen LogP contribution in [0.15, 0.2) is 36.1 Å². The minimum absolute atomic E-state index is 0.582. The van der Waals surface area contributed by atoms with Crippen LogP contribution < -0.4 is 16.0 Å². The zero-order chi connectivity index (χ0) is 11.0. The SMILES string of the molecule is C=C1NC2=C(C=CCN2)N1C1CCNCC1. The second-order valence-corrected chi connectivity index (χ2v) is 4.47. The third kappa shape index (κ3) is 1.50. The standard InChI is InChI=1S/C12H18N4/c1-9-15-12-11(3-2-6-14-12)16(9)10-4-7-13-8-5-10/h2-3,10,13-15H,1,4-8H2. The highest BCUT2D eigenvalue weighted by atomic mass is 15.4. The van der Waals surface area contributed by atoms with Gasteiger partial charge in [0, 0.05) is 12.6 Å². The molecule has 3 heterocycles. The molecule has 0 aliphatic carbocycles. The number of nitrogens with zero attached hydrogens (tertiary/aromatic N) is 1. The molecule has 0 radical (unpaired) electrons. The average Bonchev–Trinajstić information content (AvgIpc) is 2.66. The molecule has 0 amide bonds. The summed E-state index contributed by atoms with van der Waals surface area (Å²) in [7, 11) is 0. The first kappa shape index (κ1) is 9.78. The van der Waals surface area contributed by atoms with Crippen molar-refractivity contribution < 1.29 is 0 Å². The molecule has 0 bridgehead atoms. The van der Waals surface area contributed by atoms with E-state index in [4.69, 9.17) is 0 Å². The summed E-state index contributed by atoms with van der Waals surface area (Å²) in [5.41, 5.74) is 1.25. The Bertz CT molecular complexity index is 363. The maximum Gasteiger partial charge on any atom is 0.129 e. The lowest BCUT2D eigenvalue weighted by molar-refractivity contribution is 0.262. The lowest BCUT2D eigenvalue weighted by Gasteiger charge is -2.34. The minimum atomic E-state index is 0.582. The van der Waals surface area contributed by atoms with Gasteiger partial charge in [-0.2, -0.15) is 0 Å². The van der Waals surface area contributed by atoms with E-state index < -0.39 is 0 Å². The Morgan fingerprint density at radius 2 is 2.12 bits per heavy atom. The fourth-order valence-corrected chi connectivity index (χ4v) is 2.65. The van der Waals surface area contributed by atoms with Crippen LogP contribution in [-0.2, 0) is 0 Å². The molecule has 3 aliphatic rings. The van der Waals surface area contributed by atoms with Crippen molar-refractivity contribution in [3.8, 4) is 0 Å². The molecular weight excluding hydrogens is 200 g/mol. The van der Waals surface area contributed by atoms with Crippen molar-refractivity contribution in [3.63, 3.8) is 0 Å². The molecule has 0 aromatic heterocycles. The van der Waals surface area contributed by atoms with Gasteiger partial charge in [-0.25, -0.2) is 0 Å². The van der Waals surface area contributed by atoms with Crippen LogP contribution >= 0.6 is 0 Å². The van der Waals surface area contributed by atoms with E-state index in [1.54, 1.807) is 0 Å². The van der Waals surface area contributed by atoms with E-state index in [9.17, 15) is 0 Å². The van der Waals surface area contributed by atoms with Gasteiger partial charge < -0.3 is 20.9 Å². The van der Waals surface area contributed by atoms with Gasteiger partial charge in [0.1, 0.15) is 11.6 Å². The molecule has 4 nitrogen and oxygen atoms in total. The van der Waals surface area contributed by atoms with E-state index in [0.717, 1.165) is 31.3 Å². The van der Waals surface area contributed by atoms with E-state index in [1.807, 2.05) is 0 Å². The number of nitrogens with one attached hydrogen (secondary N) is 3. The summed E-state index contributed by atoms with van der Waals surface area (Å²) in [6, 6.07) is 0.582. The molecule has 86 valence electrons. The quantitative estimate of drug-likeness (QED) is 0.597. The molecule has 0 unspecified atom stereocenters. The van der Waals surface area contributed by atoms with Crippen LogP contribution in [0, 0.1) is 0 Å². The lowest BCUT2D eigenvalue weighted by Crippen LogP contribution is -2.41. The Balaban J connectivity index is 1.85. The molecule has 0 atom stereocenters. The molecule has 4 heteroatoms. The zero-order valence-electron chi connectivity index (χ0n) is 9.42. The Hall–Kier alpha value is -1.42. The molecule has 1 fully saturated rings. The Morgan fingerprint density at radius 3 is 2.94 bits per heavy atom. The highest BCUT2D eigenvalue weighted by molar-refractivity contribution is 5.37. The summed E-state index contributed by atoms with van der Waals surface area (Å²) in [5, 5.41) is 10.1. The van der Waals surface area contributed by atoms with Crippen LogP contribution in [-0.4, -0.2) is 30.6 Å². The van der Waals surface area contributed by atoms with Gasteiger partial charge in [-0.3, -0.25) is 0 Å². The highest BCUT2D eigenvalue weighted by Crippen LogP contribution is 2.29.